The highest BCUT2D eigenvalue weighted by atomic mass is 16.7. The van der Waals surface area contributed by atoms with E-state index >= 15 is 0 Å². The number of hydrogen-bond donors (Lipinski definition) is 2. The molecule has 0 aromatic heterocycles. The van der Waals surface area contributed by atoms with E-state index in [1.165, 1.54) is 0 Å². The fourth-order valence-electron chi connectivity index (χ4n) is 3.24. The molecular formula is C17H30O6. The molecule has 6 heteroatoms. The largest absolute Gasteiger partial charge is 0.390 e. The Morgan fingerprint density at radius 2 is 2.09 bits per heavy atom. The normalized spacial score (nSPS) is 39.1. The lowest BCUT2D eigenvalue weighted by Crippen LogP contribution is -2.48. The predicted molar refractivity (Wildman–Crippen MR) is 83.8 cm³/mol. The number of ether oxygens (including phenoxy) is 3. The molecule has 6 nitrogen and oxygen atoms in total. The van der Waals surface area contributed by atoms with Crippen molar-refractivity contribution in [2.45, 2.75) is 77.2 Å². The van der Waals surface area contributed by atoms with Gasteiger partial charge in [-0.25, -0.2) is 0 Å². The Morgan fingerprint density at radius 3 is 2.74 bits per heavy atom. The number of carbonyl (C=O) groups excluding carboxylic acids is 1. The summed E-state index contributed by atoms with van der Waals surface area (Å²) in [6, 6.07) is 0. The van der Waals surface area contributed by atoms with Gasteiger partial charge in [-0.2, -0.15) is 0 Å². The molecule has 7 atom stereocenters. The topological polar surface area (TPSA) is 85.2 Å². The molecule has 0 aromatic rings. The maximum atomic E-state index is 11.6. The SMILES string of the molecule is CCOCC1C(=O)CC1CC[C@@H](C)O[C@@H]1O[C@@H](C)[C@H](O)C[C@H]1O. The molecule has 2 N–H and O–H groups in total. The molecule has 2 fully saturated rings. The van der Waals surface area contributed by atoms with Gasteiger partial charge in [-0.05, 0) is 39.5 Å². The standard InChI is InChI=1S/C17H30O6/c1-4-21-9-13-12(7-15(13)19)6-5-10(2)22-17-16(20)8-14(18)11(3)23-17/h10-14,16-18,20H,4-9H2,1-3H3/t10-,11+,12?,13?,14-,16-,17-/m1/s1. The van der Waals surface area contributed by atoms with Crippen LogP contribution in [-0.2, 0) is 19.0 Å². The summed E-state index contributed by atoms with van der Waals surface area (Å²) in [7, 11) is 0. The Hall–Kier alpha value is -0.530. The van der Waals surface area contributed by atoms with Crippen molar-refractivity contribution in [2.75, 3.05) is 13.2 Å². The number of ketones is 1. The average Bonchev–Trinajstić information content (AvgIpc) is 2.49. The molecular weight excluding hydrogens is 300 g/mol. The third kappa shape index (κ3) is 4.97. The first-order valence-electron chi connectivity index (χ1n) is 8.69. The Labute approximate surface area is 138 Å². The Bertz CT molecular complexity index is 387. The van der Waals surface area contributed by atoms with Crippen LogP contribution in [0.3, 0.4) is 0 Å². The van der Waals surface area contributed by atoms with Crippen LogP contribution in [0.4, 0.5) is 0 Å². The zero-order valence-corrected chi connectivity index (χ0v) is 14.3. The third-order valence-corrected chi connectivity index (χ3v) is 4.95. The molecule has 0 amide bonds. The molecule has 0 spiro atoms. The van der Waals surface area contributed by atoms with Crippen molar-refractivity contribution in [3.8, 4) is 0 Å². The highest BCUT2D eigenvalue weighted by molar-refractivity contribution is 5.87. The first-order chi connectivity index (χ1) is 10.9. The zero-order valence-electron chi connectivity index (χ0n) is 14.3. The van der Waals surface area contributed by atoms with Crippen molar-refractivity contribution in [3.63, 3.8) is 0 Å². The van der Waals surface area contributed by atoms with Gasteiger partial charge in [0, 0.05) is 25.4 Å². The summed E-state index contributed by atoms with van der Waals surface area (Å²) in [4.78, 5) is 11.6. The zero-order chi connectivity index (χ0) is 17.0. The third-order valence-electron chi connectivity index (χ3n) is 4.95. The van der Waals surface area contributed by atoms with Gasteiger partial charge in [0.05, 0.1) is 24.9 Å². The molecule has 1 aliphatic heterocycles. The van der Waals surface area contributed by atoms with Gasteiger partial charge >= 0.3 is 0 Å². The van der Waals surface area contributed by atoms with Gasteiger partial charge < -0.3 is 24.4 Å². The smallest absolute Gasteiger partial charge is 0.184 e. The number of Topliss-reactive ketones (excluding diaryl/α,β-unsaturated/α-hetero) is 1. The predicted octanol–water partition coefficient (Wildman–Crippen LogP) is 1.27. The number of carbonyl (C=O) groups is 1. The van der Waals surface area contributed by atoms with Gasteiger partial charge in [0.15, 0.2) is 6.29 Å². The minimum atomic E-state index is -0.806. The molecule has 1 saturated carbocycles. The van der Waals surface area contributed by atoms with Gasteiger partial charge in [-0.15, -0.1) is 0 Å². The summed E-state index contributed by atoms with van der Waals surface area (Å²) >= 11 is 0. The minimum absolute atomic E-state index is 0.0360. The number of aliphatic hydroxyl groups excluding tert-OH is 2. The van der Waals surface area contributed by atoms with Crippen molar-refractivity contribution < 1.29 is 29.2 Å². The van der Waals surface area contributed by atoms with E-state index < -0.39 is 18.5 Å². The molecule has 134 valence electrons. The molecule has 1 heterocycles. The minimum Gasteiger partial charge on any atom is -0.390 e. The lowest BCUT2D eigenvalue weighted by atomic mass is 9.70. The van der Waals surface area contributed by atoms with E-state index in [0.717, 1.165) is 12.8 Å². The summed E-state index contributed by atoms with van der Waals surface area (Å²) < 4.78 is 16.7. The fraction of sp³-hybridized carbons (Fsp3) is 0.941. The van der Waals surface area contributed by atoms with Crippen LogP contribution in [-0.4, -0.2) is 59.9 Å². The number of aliphatic hydroxyl groups is 2. The lowest BCUT2D eigenvalue weighted by molar-refractivity contribution is -0.273. The summed E-state index contributed by atoms with van der Waals surface area (Å²) in [6.45, 7) is 6.81. The van der Waals surface area contributed by atoms with E-state index in [4.69, 9.17) is 14.2 Å². The van der Waals surface area contributed by atoms with E-state index in [1.54, 1.807) is 6.92 Å². The molecule has 0 bridgehead atoms. The first kappa shape index (κ1) is 18.8. The van der Waals surface area contributed by atoms with E-state index in [1.807, 2.05) is 13.8 Å². The summed E-state index contributed by atoms with van der Waals surface area (Å²) in [6.07, 6.45) is 0.0691. The van der Waals surface area contributed by atoms with Crippen molar-refractivity contribution in [1.82, 2.24) is 0 Å². The van der Waals surface area contributed by atoms with Crippen LogP contribution >= 0.6 is 0 Å². The molecule has 2 rings (SSSR count). The van der Waals surface area contributed by atoms with Crippen LogP contribution in [0.1, 0.15) is 46.5 Å². The Kier molecular flexibility index (Phi) is 6.98. The molecule has 1 saturated heterocycles. The molecule has 1 aliphatic carbocycles. The second-order valence-electron chi connectivity index (χ2n) is 6.80. The van der Waals surface area contributed by atoms with Crippen LogP contribution in [0.5, 0.6) is 0 Å². The second kappa shape index (κ2) is 8.53. The Morgan fingerprint density at radius 1 is 1.35 bits per heavy atom. The maximum absolute atomic E-state index is 11.6. The van der Waals surface area contributed by atoms with Crippen LogP contribution in [0.2, 0.25) is 0 Å². The van der Waals surface area contributed by atoms with Crippen LogP contribution in [0.15, 0.2) is 0 Å². The van der Waals surface area contributed by atoms with Gasteiger partial charge in [0.25, 0.3) is 0 Å². The van der Waals surface area contributed by atoms with E-state index in [2.05, 4.69) is 0 Å². The van der Waals surface area contributed by atoms with Gasteiger partial charge in [-0.1, -0.05) is 0 Å². The highest BCUT2D eigenvalue weighted by Gasteiger charge is 2.40. The molecule has 0 radical (unpaired) electrons. The number of rotatable bonds is 8. The number of hydrogen-bond acceptors (Lipinski definition) is 6. The molecule has 23 heavy (non-hydrogen) atoms. The quantitative estimate of drug-likeness (QED) is 0.697. The fourth-order valence-corrected chi connectivity index (χ4v) is 3.24. The van der Waals surface area contributed by atoms with Crippen LogP contribution < -0.4 is 0 Å². The lowest BCUT2D eigenvalue weighted by Gasteiger charge is -2.38. The van der Waals surface area contributed by atoms with Crippen LogP contribution in [0, 0.1) is 11.8 Å². The summed E-state index contributed by atoms with van der Waals surface area (Å²) in [5.41, 5.74) is 0. The first-order valence-corrected chi connectivity index (χ1v) is 8.69. The van der Waals surface area contributed by atoms with Crippen molar-refractivity contribution in [1.29, 1.82) is 0 Å². The molecule has 2 aliphatic rings. The summed E-state index contributed by atoms with van der Waals surface area (Å²) in [5, 5.41) is 19.6. The van der Waals surface area contributed by atoms with E-state index in [-0.39, 0.29) is 24.5 Å². The monoisotopic (exact) mass is 330 g/mol. The van der Waals surface area contributed by atoms with Crippen molar-refractivity contribution >= 4 is 5.78 Å². The van der Waals surface area contributed by atoms with Gasteiger partial charge in [0.1, 0.15) is 11.9 Å². The van der Waals surface area contributed by atoms with Gasteiger partial charge in [-0.3, -0.25) is 4.79 Å². The van der Waals surface area contributed by atoms with Gasteiger partial charge in [0.2, 0.25) is 0 Å². The van der Waals surface area contributed by atoms with Crippen molar-refractivity contribution in [2.24, 2.45) is 11.8 Å². The summed E-state index contributed by atoms with van der Waals surface area (Å²) in [5.74, 6) is 0.706. The van der Waals surface area contributed by atoms with Crippen LogP contribution in [0.25, 0.3) is 0 Å². The maximum Gasteiger partial charge on any atom is 0.184 e. The second-order valence-corrected chi connectivity index (χ2v) is 6.80. The highest BCUT2D eigenvalue weighted by Crippen LogP contribution is 2.35. The Balaban J connectivity index is 1.70. The molecule has 2 unspecified atom stereocenters. The van der Waals surface area contributed by atoms with E-state index in [9.17, 15) is 15.0 Å². The van der Waals surface area contributed by atoms with E-state index in [0.29, 0.717) is 31.3 Å². The van der Waals surface area contributed by atoms with Crippen molar-refractivity contribution in [3.05, 3.63) is 0 Å². The molecule has 0 aromatic carbocycles. The average molecular weight is 330 g/mol.